The first kappa shape index (κ1) is 20.0. The van der Waals surface area contributed by atoms with Crippen molar-refractivity contribution in [2.24, 2.45) is 0 Å². The highest BCUT2D eigenvalue weighted by molar-refractivity contribution is 6.30. The van der Waals surface area contributed by atoms with Gasteiger partial charge in [0.2, 0.25) is 5.88 Å². The standard InChI is InChI=1S/C22H23ClN2O3/c1-26-20-9-5-7-18(15-24-12-13-27-21-10-2-3-11-25-21)22(20)28-16-17-6-4-8-19(23)14-17/h2-11,14,24H,12-13,15-16H2,1H3. The van der Waals surface area contributed by atoms with Crippen LogP contribution in [0.1, 0.15) is 11.1 Å². The molecule has 3 rings (SSSR count). The highest BCUT2D eigenvalue weighted by Gasteiger charge is 2.11. The van der Waals surface area contributed by atoms with Gasteiger partial charge in [-0.25, -0.2) is 4.98 Å². The van der Waals surface area contributed by atoms with Gasteiger partial charge in [0, 0.05) is 35.9 Å². The number of aromatic nitrogens is 1. The number of halogens is 1. The lowest BCUT2D eigenvalue weighted by atomic mass is 10.1. The topological polar surface area (TPSA) is 52.6 Å². The highest BCUT2D eigenvalue weighted by atomic mass is 35.5. The van der Waals surface area contributed by atoms with Gasteiger partial charge in [0.05, 0.1) is 7.11 Å². The lowest BCUT2D eigenvalue weighted by Gasteiger charge is -2.16. The van der Waals surface area contributed by atoms with Crippen LogP contribution >= 0.6 is 11.6 Å². The van der Waals surface area contributed by atoms with Crippen LogP contribution in [0, 0.1) is 0 Å². The third-order valence-electron chi connectivity index (χ3n) is 4.03. The largest absolute Gasteiger partial charge is 0.493 e. The molecule has 5 nitrogen and oxygen atoms in total. The molecule has 0 atom stereocenters. The van der Waals surface area contributed by atoms with E-state index >= 15 is 0 Å². The molecule has 28 heavy (non-hydrogen) atoms. The Hall–Kier alpha value is -2.76. The van der Waals surface area contributed by atoms with E-state index in [4.69, 9.17) is 25.8 Å². The number of nitrogens with zero attached hydrogens (tertiary/aromatic N) is 1. The van der Waals surface area contributed by atoms with Gasteiger partial charge in [-0.3, -0.25) is 0 Å². The molecule has 0 amide bonds. The van der Waals surface area contributed by atoms with E-state index in [1.165, 1.54) is 0 Å². The maximum Gasteiger partial charge on any atom is 0.213 e. The second-order valence-corrected chi connectivity index (χ2v) is 6.50. The third kappa shape index (κ3) is 5.87. The molecule has 0 aliphatic heterocycles. The minimum atomic E-state index is 0.413. The molecular formula is C22H23ClN2O3. The molecule has 0 spiro atoms. The molecule has 146 valence electrons. The summed E-state index contributed by atoms with van der Waals surface area (Å²) in [5.41, 5.74) is 2.01. The van der Waals surface area contributed by atoms with Crippen LogP contribution in [0.25, 0.3) is 0 Å². The number of hydrogen-bond acceptors (Lipinski definition) is 5. The van der Waals surface area contributed by atoms with Crippen LogP contribution in [-0.4, -0.2) is 25.2 Å². The van der Waals surface area contributed by atoms with Gasteiger partial charge in [-0.1, -0.05) is 41.9 Å². The first-order chi connectivity index (χ1) is 13.8. The van der Waals surface area contributed by atoms with Crippen molar-refractivity contribution in [3.63, 3.8) is 0 Å². The molecule has 0 aliphatic carbocycles. The van der Waals surface area contributed by atoms with Crippen molar-refractivity contribution in [1.29, 1.82) is 0 Å². The summed E-state index contributed by atoms with van der Waals surface area (Å²) in [6.45, 7) is 2.26. The first-order valence-electron chi connectivity index (χ1n) is 9.04. The normalized spacial score (nSPS) is 10.5. The molecule has 2 aromatic carbocycles. The van der Waals surface area contributed by atoms with E-state index in [1.807, 2.05) is 60.7 Å². The third-order valence-corrected chi connectivity index (χ3v) is 4.27. The Morgan fingerprint density at radius 2 is 1.89 bits per heavy atom. The van der Waals surface area contributed by atoms with Gasteiger partial charge in [0.15, 0.2) is 11.5 Å². The number of benzene rings is 2. The fraction of sp³-hybridized carbons (Fsp3) is 0.227. The molecule has 0 unspecified atom stereocenters. The van der Waals surface area contributed by atoms with Crippen molar-refractivity contribution in [3.8, 4) is 17.4 Å². The summed E-state index contributed by atoms with van der Waals surface area (Å²) in [6.07, 6.45) is 1.71. The minimum absolute atomic E-state index is 0.413. The summed E-state index contributed by atoms with van der Waals surface area (Å²) in [5.74, 6) is 2.05. The molecule has 1 N–H and O–H groups in total. The van der Waals surface area contributed by atoms with Crippen LogP contribution in [0.3, 0.4) is 0 Å². The van der Waals surface area contributed by atoms with Crippen LogP contribution < -0.4 is 19.5 Å². The molecule has 1 aromatic heterocycles. The quantitative estimate of drug-likeness (QED) is 0.510. The molecule has 0 saturated heterocycles. The van der Waals surface area contributed by atoms with Crippen molar-refractivity contribution in [1.82, 2.24) is 10.3 Å². The van der Waals surface area contributed by atoms with E-state index < -0.39 is 0 Å². The second kappa shape index (κ2) is 10.5. The second-order valence-electron chi connectivity index (χ2n) is 6.06. The van der Waals surface area contributed by atoms with E-state index in [9.17, 15) is 0 Å². The Kier molecular flexibility index (Phi) is 7.53. The average molecular weight is 399 g/mol. The number of methoxy groups -OCH3 is 1. The molecule has 0 radical (unpaired) electrons. The molecular weight excluding hydrogens is 376 g/mol. The predicted molar refractivity (Wildman–Crippen MR) is 110 cm³/mol. The summed E-state index contributed by atoms with van der Waals surface area (Å²) < 4.78 is 17.1. The SMILES string of the molecule is COc1cccc(CNCCOc2ccccn2)c1OCc1cccc(Cl)c1. The summed E-state index contributed by atoms with van der Waals surface area (Å²) in [5, 5.41) is 4.05. The van der Waals surface area contributed by atoms with Crippen LogP contribution in [0.4, 0.5) is 0 Å². The van der Waals surface area contributed by atoms with Crippen molar-refractivity contribution < 1.29 is 14.2 Å². The molecule has 6 heteroatoms. The fourth-order valence-corrected chi connectivity index (χ4v) is 2.90. The summed E-state index contributed by atoms with van der Waals surface area (Å²) >= 11 is 6.05. The van der Waals surface area contributed by atoms with Gasteiger partial charge in [-0.05, 0) is 29.8 Å². The zero-order valence-corrected chi connectivity index (χ0v) is 16.5. The maximum atomic E-state index is 6.06. The molecule has 3 aromatic rings. The smallest absolute Gasteiger partial charge is 0.213 e. The molecule has 0 fully saturated rings. The lowest BCUT2D eigenvalue weighted by Crippen LogP contribution is -2.21. The van der Waals surface area contributed by atoms with E-state index in [1.54, 1.807) is 13.3 Å². The van der Waals surface area contributed by atoms with Crippen molar-refractivity contribution in [2.75, 3.05) is 20.3 Å². The molecule has 0 aliphatic rings. The predicted octanol–water partition coefficient (Wildman–Crippen LogP) is 4.49. The zero-order chi connectivity index (χ0) is 19.6. The van der Waals surface area contributed by atoms with Gasteiger partial charge in [0.1, 0.15) is 13.2 Å². The van der Waals surface area contributed by atoms with Gasteiger partial charge in [0.25, 0.3) is 0 Å². The summed E-state index contributed by atoms with van der Waals surface area (Å²) in [7, 11) is 1.64. The van der Waals surface area contributed by atoms with Crippen LogP contribution in [0.15, 0.2) is 66.9 Å². The fourth-order valence-electron chi connectivity index (χ4n) is 2.69. The van der Waals surface area contributed by atoms with Crippen LogP contribution in [0.2, 0.25) is 5.02 Å². The van der Waals surface area contributed by atoms with Crippen LogP contribution in [0.5, 0.6) is 17.4 Å². The van der Waals surface area contributed by atoms with Gasteiger partial charge in [-0.15, -0.1) is 0 Å². The van der Waals surface area contributed by atoms with Crippen LogP contribution in [-0.2, 0) is 13.2 Å². The summed E-state index contributed by atoms with van der Waals surface area (Å²) in [4.78, 5) is 4.13. The highest BCUT2D eigenvalue weighted by Crippen LogP contribution is 2.32. The minimum Gasteiger partial charge on any atom is -0.493 e. The van der Waals surface area contributed by atoms with E-state index in [0.717, 1.165) is 16.9 Å². The summed E-state index contributed by atoms with van der Waals surface area (Å²) in [6, 6.07) is 19.1. The Labute approximate surface area is 170 Å². The van der Waals surface area contributed by atoms with E-state index in [-0.39, 0.29) is 0 Å². The van der Waals surface area contributed by atoms with Gasteiger partial charge in [-0.2, -0.15) is 0 Å². The number of rotatable bonds is 10. The lowest BCUT2D eigenvalue weighted by molar-refractivity contribution is 0.278. The molecule has 0 saturated carbocycles. The average Bonchev–Trinajstić information content (AvgIpc) is 2.73. The number of hydrogen-bond donors (Lipinski definition) is 1. The van der Waals surface area contributed by atoms with E-state index in [2.05, 4.69) is 10.3 Å². The van der Waals surface area contributed by atoms with Gasteiger partial charge >= 0.3 is 0 Å². The zero-order valence-electron chi connectivity index (χ0n) is 15.7. The first-order valence-corrected chi connectivity index (χ1v) is 9.41. The Morgan fingerprint density at radius 1 is 1.00 bits per heavy atom. The Balaban J connectivity index is 1.56. The number of pyridine rings is 1. The monoisotopic (exact) mass is 398 g/mol. The van der Waals surface area contributed by atoms with Gasteiger partial charge < -0.3 is 19.5 Å². The molecule has 0 bridgehead atoms. The number of para-hydroxylation sites is 1. The maximum absolute atomic E-state index is 6.06. The van der Waals surface area contributed by atoms with E-state index in [0.29, 0.717) is 43.0 Å². The van der Waals surface area contributed by atoms with Crippen molar-refractivity contribution in [2.45, 2.75) is 13.2 Å². The van der Waals surface area contributed by atoms with Crippen molar-refractivity contribution in [3.05, 3.63) is 83.0 Å². The molecule has 1 heterocycles. The Morgan fingerprint density at radius 3 is 2.68 bits per heavy atom. The Bertz CT molecular complexity index is 875. The van der Waals surface area contributed by atoms with Crippen molar-refractivity contribution >= 4 is 11.6 Å². The number of ether oxygens (including phenoxy) is 3. The number of nitrogens with one attached hydrogen (secondary N) is 1.